The maximum absolute atomic E-state index is 8.86. The molecule has 3 heteroatoms. The second-order valence-corrected chi connectivity index (χ2v) is 3.20. The van der Waals surface area contributed by atoms with E-state index in [2.05, 4.69) is 19.2 Å². The summed E-state index contributed by atoms with van der Waals surface area (Å²) in [5.41, 5.74) is 0. The molecule has 0 heterocycles. The van der Waals surface area contributed by atoms with E-state index in [1.807, 2.05) is 22.6 Å². The Morgan fingerprint density at radius 1 is 1.44 bits per heavy atom. The van der Waals surface area contributed by atoms with E-state index in [1.165, 1.54) is 0 Å². The second kappa shape index (κ2) is 5.44. The third-order valence-corrected chi connectivity index (χ3v) is 1.72. The molecular weight excluding hydrogens is 229 g/mol. The Labute approximate surface area is 70.2 Å². The molecule has 0 aliphatic carbocycles. The van der Waals surface area contributed by atoms with Crippen LogP contribution in [0.3, 0.4) is 0 Å². The van der Waals surface area contributed by atoms with E-state index in [0.29, 0.717) is 6.04 Å². The van der Waals surface area contributed by atoms with Crippen LogP contribution in [0.2, 0.25) is 0 Å². The van der Waals surface area contributed by atoms with Crippen molar-refractivity contribution >= 4 is 22.6 Å². The van der Waals surface area contributed by atoms with Crippen LogP contribution < -0.4 is 5.32 Å². The molecule has 0 amide bonds. The van der Waals surface area contributed by atoms with E-state index in [4.69, 9.17) is 5.11 Å². The molecule has 1 unspecified atom stereocenters. The Hall–Kier alpha value is 0.650. The van der Waals surface area contributed by atoms with Gasteiger partial charge in [0.05, 0.1) is 0 Å². The SMILES string of the molecule is CCC(CC)NC(O)I. The molecule has 2 N–H and O–H groups in total. The summed E-state index contributed by atoms with van der Waals surface area (Å²) in [4.78, 5) is 0. The van der Waals surface area contributed by atoms with E-state index >= 15 is 0 Å². The highest BCUT2D eigenvalue weighted by atomic mass is 127. The van der Waals surface area contributed by atoms with Gasteiger partial charge in [0.15, 0.2) is 4.23 Å². The Balaban J connectivity index is 3.31. The van der Waals surface area contributed by atoms with E-state index in [1.54, 1.807) is 0 Å². The zero-order chi connectivity index (χ0) is 7.28. The van der Waals surface area contributed by atoms with Crippen molar-refractivity contribution < 1.29 is 5.11 Å². The van der Waals surface area contributed by atoms with E-state index in [-0.39, 0.29) is 0 Å². The molecule has 0 radical (unpaired) electrons. The van der Waals surface area contributed by atoms with Gasteiger partial charge in [0.25, 0.3) is 0 Å². The van der Waals surface area contributed by atoms with Gasteiger partial charge in [0, 0.05) is 6.04 Å². The maximum atomic E-state index is 8.86. The first kappa shape index (κ1) is 9.65. The molecule has 9 heavy (non-hydrogen) atoms. The lowest BCUT2D eigenvalue weighted by Gasteiger charge is -2.15. The standard InChI is InChI=1S/C6H14INO/c1-3-5(4-2)8-6(7)9/h5-6,8-9H,3-4H2,1-2H3. The number of hydrogen-bond donors (Lipinski definition) is 2. The Morgan fingerprint density at radius 2 is 1.89 bits per heavy atom. The predicted octanol–water partition coefficient (Wildman–Crippen LogP) is 1.48. The van der Waals surface area contributed by atoms with Gasteiger partial charge >= 0.3 is 0 Å². The molecule has 0 rings (SSSR count). The minimum atomic E-state index is -0.396. The van der Waals surface area contributed by atoms with Crippen LogP contribution in [0.4, 0.5) is 0 Å². The van der Waals surface area contributed by atoms with E-state index < -0.39 is 4.23 Å². The van der Waals surface area contributed by atoms with Crippen molar-refractivity contribution in [2.24, 2.45) is 0 Å². The zero-order valence-electron chi connectivity index (χ0n) is 5.89. The zero-order valence-corrected chi connectivity index (χ0v) is 8.05. The summed E-state index contributed by atoms with van der Waals surface area (Å²) in [7, 11) is 0. The third kappa shape index (κ3) is 5.11. The number of hydrogen-bond acceptors (Lipinski definition) is 2. The van der Waals surface area contributed by atoms with Crippen LogP contribution in [0.5, 0.6) is 0 Å². The summed E-state index contributed by atoms with van der Waals surface area (Å²) >= 11 is 1.95. The molecule has 0 bridgehead atoms. The monoisotopic (exact) mass is 243 g/mol. The lowest BCUT2D eigenvalue weighted by atomic mass is 10.2. The summed E-state index contributed by atoms with van der Waals surface area (Å²) in [5.74, 6) is 0. The highest BCUT2D eigenvalue weighted by Crippen LogP contribution is 1.99. The minimum absolute atomic E-state index is 0.396. The fraction of sp³-hybridized carbons (Fsp3) is 1.00. The first-order chi connectivity index (χ1) is 4.20. The molecule has 0 aromatic rings. The summed E-state index contributed by atoms with van der Waals surface area (Å²) in [6.07, 6.45) is 2.16. The van der Waals surface area contributed by atoms with Gasteiger partial charge in [-0.15, -0.1) is 0 Å². The van der Waals surface area contributed by atoms with Crippen LogP contribution in [0.25, 0.3) is 0 Å². The van der Waals surface area contributed by atoms with Gasteiger partial charge in [-0.05, 0) is 35.4 Å². The number of halogens is 1. The maximum Gasteiger partial charge on any atom is 0.157 e. The first-order valence-corrected chi connectivity index (χ1v) is 4.53. The molecule has 56 valence electrons. The number of rotatable bonds is 4. The topological polar surface area (TPSA) is 32.3 Å². The van der Waals surface area contributed by atoms with Crippen LogP contribution in [0.15, 0.2) is 0 Å². The molecule has 0 spiro atoms. The smallest absolute Gasteiger partial charge is 0.157 e. The quantitative estimate of drug-likeness (QED) is 0.339. The Kier molecular flexibility index (Phi) is 5.83. The molecule has 1 atom stereocenters. The summed E-state index contributed by atoms with van der Waals surface area (Å²) < 4.78 is -0.396. The summed E-state index contributed by atoms with van der Waals surface area (Å²) in [6.45, 7) is 4.22. The van der Waals surface area contributed by atoms with Crippen LogP contribution in [-0.2, 0) is 0 Å². The molecule has 0 aromatic heterocycles. The van der Waals surface area contributed by atoms with Crippen LogP contribution in [-0.4, -0.2) is 15.4 Å². The fourth-order valence-corrected chi connectivity index (χ4v) is 1.23. The average molecular weight is 243 g/mol. The van der Waals surface area contributed by atoms with Gasteiger partial charge in [-0.3, -0.25) is 5.32 Å². The van der Waals surface area contributed by atoms with Crippen molar-refractivity contribution in [3.63, 3.8) is 0 Å². The van der Waals surface area contributed by atoms with Gasteiger partial charge < -0.3 is 5.11 Å². The van der Waals surface area contributed by atoms with Crippen LogP contribution in [0, 0.1) is 0 Å². The lowest BCUT2D eigenvalue weighted by Crippen LogP contribution is -2.33. The van der Waals surface area contributed by atoms with Crippen molar-refractivity contribution in [1.82, 2.24) is 5.32 Å². The molecule has 0 aliphatic rings. The van der Waals surface area contributed by atoms with Crippen LogP contribution in [0.1, 0.15) is 26.7 Å². The fourth-order valence-electron chi connectivity index (χ4n) is 0.719. The second-order valence-electron chi connectivity index (χ2n) is 2.02. The van der Waals surface area contributed by atoms with Crippen molar-refractivity contribution in [3.8, 4) is 0 Å². The molecule has 0 saturated carbocycles. The Morgan fingerprint density at radius 3 is 2.00 bits per heavy atom. The number of aliphatic hydroxyl groups is 1. The molecule has 0 saturated heterocycles. The third-order valence-electron chi connectivity index (χ3n) is 1.36. The number of nitrogens with one attached hydrogen (secondary N) is 1. The predicted molar refractivity (Wildman–Crippen MR) is 47.5 cm³/mol. The van der Waals surface area contributed by atoms with Crippen molar-refractivity contribution in [2.45, 2.75) is 37.0 Å². The normalized spacial score (nSPS) is 14.3. The highest BCUT2D eigenvalue weighted by molar-refractivity contribution is 14.1. The first-order valence-electron chi connectivity index (χ1n) is 3.28. The van der Waals surface area contributed by atoms with Crippen molar-refractivity contribution in [3.05, 3.63) is 0 Å². The van der Waals surface area contributed by atoms with Gasteiger partial charge in [0.2, 0.25) is 0 Å². The van der Waals surface area contributed by atoms with Gasteiger partial charge in [-0.2, -0.15) is 0 Å². The van der Waals surface area contributed by atoms with Gasteiger partial charge in [-0.1, -0.05) is 13.8 Å². The van der Waals surface area contributed by atoms with Crippen molar-refractivity contribution in [1.29, 1.82) is 0 Å². The Bertz CT molecular complexity index is 64.1. The molecule has 0 aliphatic heterocycles. The number of aliphatic hydroxyl groups excluding tert-OH is 1. The molecule has 0 fully saturated rings. The van der Waals surface area contributed by atoms with E-state index in [9.17, 15) is 0 Å². The van der Waals surface area contributed by atoms with Gasteiger partial charge in [0.1, 0.15) is 0 Å². The highest BCUT2D eigenvalue weighted by Gasteiger charge is 2.04. The summed E-state index contributed by atoms with van der Waals surface area (Å²) in [6, 6.07) is 0.469. The number of alkyl halides is 1. The van der Waals surface area contributed by atoms with Crippen LogP contribution >= 0.6 is 22.6 Å². The lowest BCUT2D eigenvalue weighted by molar-refractivity contribution is 0.217. The minimum Gasteiger partial charge on any atom is -0.369 e. The summed E-state index contributed by atoms with van der Waals surface area (Å²) in [5, 5.41) is 11.9. The molecule has 0 aromatic carbocycles. The largest absolute Gasteiger partial charge is 0.369 e. The average Bonchev–Trinajstić information content (AvgIpc) is 1.82. The molecular formula is C6H14INO. The van der Waals surface area contributed by atoms with E-state index in [0.717, 1.165) is 12.8 Å². The van der Waals surface area contributed by atoms with Gasteiger partial charge in [-0.25, -0.2) is 0 Å². The molecule has 2 nitrogen and oxygen atoms in total. The van der Waals surface area contributed by atoms with Crippen molar-refractivity contribution in [2.75, 3.05) is 0 Å².